The van der Waals surface area contributed by atoms with Crippen molar-refractivity contribution in [2.75, 3.05) is 18.9 Å². The number of hydrogen-bond donors (Lipinski definition) is 2. The number of alkyl carbamates (subject to hydrolysis) is 1. The summed E-state index contributed by atoms with van der Waals surface area (Å²) in [5.74, 6) is 0.424. The fourth-order valence-corrected chi connectivity index (χ4v) is 3.41. The summed E-state index contributed by atoms with van der Waals surface area (Å²) in [5.41, 5.74) is 11.0. The molecule has 3 N–H and O–H groups in total. The number of hydrogen-bond acceptors (Lipinski definition) is 5. The number of nitrogen functional groups attached to an aromatic ring is 1. The molecule has 3 aromatic rings. The van der Waals surface area contributed by atoms with Crippen molar-refractivity contribution in [1.29, 1.82) is 0 Å². The van der Waals surface area contributed by atoms with Crippen LogP contribution in [-0.2, 0) is 4.74 Å². The number of carbonyl (C=O) groups is 1. The Morgan fingerprint density at radius 2 is 1.68 bits per heavy atom. The van der Waals surface area contributed by atoms with Crippen LogP contribution >= 0.6 is 0 Å². The van der Waals surface area contributed by atoms with Gasteiger partial charge in [0.05, 0.1) is 5.69 Å². The van der Waals surface area contributed by atoms with Gasteiger partial charge in [0, 0.05) is 12.5 Å². The van der Waals surface area contributed by atoms with E-state index in [2.05, 4.69) is 39.8 Å². The molecule has 1 aliphatic carbocycles. The molecule has 6 nitrogen and oxygen atoms in total. The zero-order valence-electron chi connectivity index (χ0n) is 15.2. The monoisotopic (exact) mass is 372 g/mol. The quantitative estimate of drug-likeness (QED) is 0.714. The van der Waals surface area contributed by atoms with Gasteiger partial charge in [0.2, 0.25) is 0 Å². The minimum atomic E-state index is -0.449. The van der Waals surface area contributed by atoms with E-state index in [0.717, 1.165) is 0 Å². The maximum Gasteiger partial charge on any atom is 0.407 e. The van der Waals surface area contributed by atoms with E-state index < -0.39 is 6.09 Å². The van der Waals surface area contributed by atoms with Gasteiger partial charge in [-0.05, 0) is 40.5 Å². The summed E-state index contributed by atoms with van der Waals surface area (Å²) in [7, 11) is 0. The van der Waals surface area contributed by atoms with Gasteiger partial charge in [-0.1, -0.05) is 54.6 Å². The number of nitrogens with zero attached hydrogens (tertiary/aromatic N) is 2. The molecule has 6 heteroatoms. The highest BCUT2D eigenvalue weighted by Crippen LogP contribution is 2.44. The molecule has 1 aliphatic rings. The molecule has 140 valence electrons. The first-order valence-corrected chi connectivity index (χ1v) is 9.07. The molecule has 0 fully saturated rings. The largest absolute Gasteiger partial charge is 0.449 e. The van der Waals surface area contributed by atoms with E-state index in [1.807, 2.05) is 24.3 Å². The molecule has 28 heavy (non-hydrogen) atoms. The predicted molar refractivity (Wildman–Crippen MR) is 109 cm³/mol. The molecule has 1 heterocycles. The standard InChI is InChI=1S/C22H20N4O2/c23-21-12-11-15(25-26-21)6-5-13-24-22(27)28-14-20-18-9-3-1-7-16(18)17-8-2-4-10-19(17)20/h1-12,20H,13-14H2,(H2,23,26)(H,24,27). The van der Waals surface area contributed by atoms with E-state index in [1.54, 1.807) is 24.3 Å². The fourth-order valence-electron chi connectivity index (χ4n) is 3.41. The second kappa shape index (κ2) is 7.92. The third kappa shape index (κ3) is 3.71. The van der Waals surface area contributed by atoms with Crippen molar-refractivity contribution in [3.8, 4) is 11.1 Å². The van der Waals surface area contributed by atoms with Crippen LogP contribution < -0.4 is 11.1 Å². The molecule has 0 atom stereocenters. The van der Waals surface area contributed by atoms with Crippen LogP contribution in [0.2, 0.25) is 0 Å². The Morgan fingerprint density at radius 1 is 1.00 bits per heavy atom. The van der Waals surface area contributed by atoms with Crippen molar-refractivity contribution in [1.82, 2.24) is 15.5 Å². The number of ether oxygens (including phenoxy) is 1. The lowest BCUT2D eigenvalue weighted by atomic mass is 9.98. The molecule has 0 saturated carbocycles. The van der Waals surface area contributed by atoms with Crippen molar-refractivity contribution in [2.45, 2.75) is 5.92 Å². The van der Waals surface area contributed by atoms with Crippen LogP contribution in [0, 0.1) is 0 Å². The van der Waals surface area contributed by atoms with Crippen molar-refractivity contribution in [3.05, 3.63) is 83.6 Å². The van der Waals surface area contributed by atoms with Crippen LogP contribution in [0.4, 0.5) is 10.6 Å². The summed E-state index contributed by atoms with van der Waals surface area (Å²) in [4.78, 5) is 12.1. The topological polar surface area (TPSA) is 90.1 Å². The first-order chi connectivity index (χ1) is 13.7. The average molecular weight is 372 g/mol. The fraction of sp³-hybridized carbons (Fsp3) is 0.136. The molecule has 1 aromatic heterocycles. The van der Waals surface area contributed by atoms with Crippen molar-refractivity contribution in [2.24, 2.45) is 0 Å². The number of rotatable bonds is 5. The third-order valence-electron chi connectivity index (χ3n) is 4.70. The highest BCUT2D eigenvalue weighted by Gasteiger charge is 2.28. The number of fused-ring (bicyclic) bond motifs is 3. The van der Waals surface area contributed by atoms with Gasteiger partial charge < -0.3 is 15.8 Å². The van der Waals surface area contributed by atoms with Crippen molar-refractivity contribution < 1.29 is 9.53 Å². The van der Waals surface area contributed by atoms with Gasteiger partial charge in [0.25, 0.3) is 0 Å². The van der Waals surface area contributed by atoms with E-state index >= 15 is 0 Å². The Labute approximate surface area is 163 Å². The van der Waals surface area contributed by atoms with Crippen LogP contribution in [-0.4, -0.2) is 29.4 Å². The van der Waals surface area contributed by atoms with Crippen LogP contribution in [0.1, 0.15) is 22.7 Å². The molecule has 2 aromatic carbocycles. The van der Waals surface area contributed by atoms with E-state index in [0.29, 0.717) is 24.7 Å². The summed E-state index contributed by atoms with van der Waals surface area (Å²) in [6.45, 7) is 0.635. The lowest BCUT2D eigenvalue weighted by Gasteiger charge is -2.14. The number of aromatic nitrogens is 2. The highest BCUT2D eigenvalue weighted by atomic mass is 16.5. The molecule has 0 bridgehead atoms. The number of anilines is 1. The van der Waals surface area contributed by atoms with Gasteiger partial charge in [-0.15, -0.1) is 10.2 Å². The van der Waals surface area contributed by atoms with Gasteiger partial charge in [-0.2, -0.15) is 0 Å². The SMILES string of the molecule is Nc1ccc(C=CCNC(=O)OCC2c3ccccc3-c3ccccc32)nn1. The highest BCUT2D eigenvalue weighted by molar-refractivity contribution is 5.79. The van der Waals surface area contributed by atoms with E-state index in [-0.39, 0.29) is 5.92 Å². The first kappa shape index (κ1) is 17.7. The second-order valence-electron chi connectivity index (χ2n) is 6.49. The van der Waals surface area contributed by atoms with Gasteiger partial charge in [-0.3, -0.25) is 0 Å². The molecular weight excluding hydrogens is 352 g/mol. The molecule has 4 rings (SSSR count). The molecule has 0 unspecified atom stereocenters. The van der Waals surface area contributed by atoms with E-state index in [1.165, 1.54) is 22.3 Å². The number of nitrogens with two attached hydrogens (primary N) is 1. The molecule has 0 radical (unpaired) electrons. The lowest BCUT2D eigenvalue weighted by Crippen LogP contribution is -2.26. The minimum Gasteiger partial charge on any atom is -0.449 e. The zero-order valence-corrected chi connectivity index (χ0v) is 15.2. The van der Waals surface area contributed by atoms with Gasteiger partial charge in [0.1, 0.15) is 12.4 Å². The van der Waals surface area contributed by atoms with Crippen LogP contribution in [0.3, 0.4) is 0 Å². The number of carbonyl (C=O) groups excluding carboxylic acids is 1. The lowest BCUT2D eigenvalue weighted by molar-refractivity contribution is 0.144. The smallest absolute Gasteiger partial charge is 0.407 e. The van der Waals surface area contributed by atoms with Crippen LogP contribution in [0.5, 0.6) is 0 Å². The Morgan fingerprint density at radius 3 is 2.32 bits per heavy atom. The third-order valence-corrected chi connectivity index (χ3v) is 4.70. The van der Waals surface area contributed by atoms with Crippen molar-refractivity contribution >= 4 is 18.0 Å². The number of benzene rings is 2. The van der Waals surface area contributed by atoms with Gasteiger partial charge >= 0.3 is 6.09 Å². The van der Waals surface area contributed by atoms with Crippen LogP contribution in [0.25, 0.3) is 17.2 Å². The van der Waals surface area contributed by atoms with E-state index in [4.69, 9.17) is 10.5 Å². The maximum atomic E-state index is 12.1. The normalized spacial score (nSPS) is 12.6. The molecule has 1 amide bonds. The zero-order chi connectivity index (χ0) is 19.3. The maximum absolute atomic E-state index is 12.1. The Balaban J connectivity index is 1.33. The van der Waals surface area contributed by atoms with Gasteiger partial charge in [-0.25, -0.2) is 4.79 Å². The Bertz CT molecular complexity index is 970. The van der Waals surface area contributed by atoms with Crippen molar-refractivity contribution in [3.63, 3.8) is 0 Å². The Hall–Kier alpha value is -3.67. The summed E-state index contributed by atoms with van der Waals surface area (Å²) < 4.78 is 5.48. The van der Waals surface area contributed by atoms with E-state index in [9.17, 15) is 4.79 Å². The number of nitrogens with one attached hydrogen (secondary N) is 1. The molecule has 0 aliphatic heterocycles. The summed E-state index contributed by atoms with van der Waals surface area (Å²) >= 11 is 0. The van der Waals surface area contributed by atoms with Gasteiger partial charge in [0.15, 0.2) is 0 Å². The van der Waals surface area contributed by atoms with Crippen LogP contribution in [0.15, 0.2) is 66.7 Å². The number of amides is 1. The molecule has 0 spiro atoms. The summed E-state index contributed by atoms with van der Waals surface area (Å²) in [5, 5.41) is 10.4. The average Bonchev–Trinajstić information content (AvgIpc) is 3.05. The molecular formula is C22H20N4O2. The minimum absolute atomic E-state index is 0.0544. The summed E-state index contributed by atoms with van der Waals surface area (Å²) in [6.07, 6.45) is 3.09. The first-order valence-electron chi connectivity index (χ1n) is 9.07. The Kier molecular flexibility index (Phi) is 5.01. The predicted octanol–water partition coefficient (Wildman–Crippen LogP) is 3.61. The molecule has 0 saturated heterocycles. The second-order valence-corrected chi connectivity index (χ2v) is 6.49. The summed E-state index contributed by atoms with van der Waals surface area (Å²) in [6, 6.07) is 19.9.